The van der Waals surface area contributed by atoms with Gasteiger partial charge in [-0.2, -0.15) is 0 Å². The molecule has 1 heterocycles. The van der Waals surface area contributed by atoms with Crippen molar-refractivity contribution >= 4 is 17.8 Å². The second-order valence-electron chi connectivity index (χ2n) is 4.38. The number of hydrogen-bond acceptors (Lipinski definition) is 4. The van der Waals surface area contributed by atoms with Crippen molar-refractivity contribution in [2.24, 2.45) is 0 Å². The van der Waals surface area contributed by atoms with Crippen molar-refractivity contribution in [1.29, 1.82) is 0 Å². The number of ether oxygens (including phenoxy) is 2. The lowest BCUT2D eigenvalue weighted by Gasteiger charge is -2.06. The molecular formula is C17H18N2O3. The molecule has 1 aromatic heterocycles. The van der Waals surface area contributed by atoms with E-state index in [1.165, 1.54) is 13.2 Å². The van der Waals surface area contributed by atoms with Gasteiger partial charge in [-0.05, 0) is 42.8 Å². The first kappa shape index (κ1) is 15.6. The number of benzene rings is 1. The Balaban J connectivity index is 1.99. The molecule has 5 heteroatoms. The zero-order valence-corrected chi connectivity index (χ0v) is 12.6. The number of carbonyl (C=O) groups is 1. The molecule has 1 N–H and O–H groups in total. The standard InChI is InChI=1S/C17H18N2O3/c1-3-22-14-9-6-13(7-10-14)8-11-16(20)19-17-15(21-2)5-4-12-18-17/h4-12H,3H2,1-2H3,(H,18,19,20)/b11-8+. The van der Waals surface area contributed by atoms with Crippen LogP contribution in [0.25, 0.3) is 6.08 Å². The van der Waals surface area contributed by atoms with E-state index >= 15 is 0 Å². The Kier molecular flexibility index (Phi) is 5.54. The summed E-state index contributed by atoms with van der Waals surface area (Å²) in [4.78, 5) is 16.0. The molecule has 0 spiro atoms. The average molecular weight is 298 g/mol. The summed E-state index contributed by atoms with van der Waals surface area (Å²) in [6.07, 6.45) is 4.76. The minimum atomic E-state index is -0.272. The molecule has 0 radical (unpaired) electrons. The topological polar surface area (TPSA) is 60.5 Å². The monoisotopic (exact) mass is 298 g/mol. The highest BCUT2D eigenvalue weighted by molar-refractivity contribution is 6.02. The Bertz CT molecular complexity index is 651. The van der Waals surface area contributed by atoms with E-state index in [2.05, 4.69) is 10.3 Å². The zero-order chi connectivity index (χ0) is 15.8. The number of nitrogens with zero attached hydrogens (tertiary/aromatic N) is 1. The minimum Gasteiger partial charge on any atom is -0.494 e. The molecule has 2 aromatic rings. The van der Waals surface area contributed by atoms with Crippen molar-refractivity contribution in [1.82, 2.24) is 4.98 Å². The molecule has 5 nitrogen and oxygen atoms in total. The summed E-state index contributed by atoms with van der Waals surface area (Å²) in [6, 6.07) is 11.0. The molecule has 0 bridgehead atoms. The first-order valence-corrected chi connectivity index (χ1v) is 6.94. The molecule has 0 aliphatic carbocycles. The first-order valence-electron chi connectivity index (χ1n) is 6.94. The van der Waals surface area contributed by atoms with Gasteiger partial charge in [0, 0.05) is 12.3 Å². The van der Waals surface area contributed by atoms with Gasteiger partial charge in [-0.25, -0.2) is 4.98 Å². The molecular weight excluding hydrogens is 280 g/mol. The molecule has 0 aliphatic rings. The molecule has 0 aliphatic heterocycles. The van der Waals surface area contributed by atoms with E-state index in [-0.39, 0.29) is 5.91 Å². The molecule has 2 rings (SSSR count). The molecule has 22 heavy (non-hydrogen) atoms. The fourth-order valence-electron chi connectivity index (χ4n) is 1.82. The first-order chi connectivity index (χ1) is 10.7. The van der Waals surface area contributed by atoms with E-state index < -0.39 is 0 Å². The van der Waals surface area contributed by atoms with Crippen molar-refractivity contribution < 1.29 is 14.3 Å². The van der Waals surface area contributed by atoms with Gasteiger partial charge in [0.15, 0.2) is 11.6 Å². The summed E-state index contributed by atoms with van der Waals surface area (Å²) < 4.78 is 10.5. The number of hydrogen-bond donors (Lipinski definition) is 1. The Morgan fingerprint density at radius 1 is 1.27 bits per heavy atom. The van der Waals surface area contributed by atoms with Gasteiger partial charge >= 0.3 is 0 Å². The smallest absolute Gasteiger partial charge is 0.249 e. The lowest BCUT2D eigenvalue weighted by molar-refractivity contribution is -0.111. The maximum absolute atomic E-state index is 11.9. The lowest BCUT2D eigenvalue weighted by atomic mass is 10.2. The second-order valence-corrected chi connectivity index (χ2v) is 4.38. The van der Waals surface area contributed by atoms with Crippen molar-refractivity contribution in [3.05, 3.63) is 54.2 Å². The molecule has 1 amide bonds. The SMILES string of the molecule is CCOc1ccc(/C=C/C(=O)Nc2ncccc2OC)cc1. The molecule has 0 unspecified atom stereocenters. The summed E-state index contributed by atoms with van der Waals surface area (Å²) in [5.74, 6) is 1.45. The molecule has 1 aromatic carbocycles. The van der Waals surface area contributed by atoms with Crippen LogP contribution in [0.3, 0.4) is 0 Å². The lowest BCUT2D eigenvalue weighted by Crippen LogP contribution is -2.10. The van der Waals surface area contributed by atoms with Crippen LogP contribution in [0.1, 0.15) is 12.5 Å². The van der Waals surface area contributed by atoms with Crippen molar-refractivity contribution in [3.63, 3.8) is 0 Å². The fourth-order valence-corrected chi connectivity index (χ4v) is 1.82. The molecule has 114 valence electrons. The number of methoxy groups -OCH3 is 1. The number of anilines is 1. The van der Waals surface area contributed by atoms with Crippen LogP contribution in [0.2, 0.25) is 0 Å². The van der Waals surface area contributed by atoms with E-state index in [1.807, 2.05) is 31.2 Å². The summed E-state index contributed by atoms with van der Waals surface area (Å²) in [7, 11) is 1.53. The van der Waals surface area contributed by atoms with Crippen molar-refractivity contribution in [3.8, 4) is 11.5 Å². The van der Waals surface area contributed by atoms with Crippen molar-refractivity contribution in [2.75, 3.05) is 19.0 Å². The Morgan fingerprint density at radius 3 is 2.73 bits per heavy atom. The van der Waals surface area contributed by atoms with Crippen LogP contribution in [-0.2, 0) is 4.79 Å². The van der Waals surface area contributed by atoms with Crippen LogP contribution >= 0.6 is 0 Å². The summed E-state index contributed by atoms with van der Waals surface area (Å²) in [5.41, 5.74) is 0.909. The van der Waals surface area contributed by atoms with Crippen LogP contribution in [0.5, 0.6) is 11.5 Å². The van der Waals surface area contributed by atoms with Crippen LogP contribution in [-0.4, -0.2) is 24.6 Å². The van der Waals surface area contributed by atoms with E-state index in [0.717, 1.165) is 11.3 Å². The Hall–Kier alpha value is -2.82. The number of rotatable bonds is 6. The maximum atomic E-state index is 11.9. The predicted molar refractivity (Wildman–Crippen MR) is 86.1 cm³/mol. The number of aromatic nitrogens is 1. The number of amides is 1. The highest BCUT2D eigenvalue weighted by atomic mass is 16.5. The van der Waals surface area contributed by atoms with Gasteiger partial charge in [0.2, 0.25) is 5.91 Å². The second kappa shape index (κ2) is 7.83. The van der Waals surface area contributed by atoms with E-state index in [4.69, 9.17) is 9.47 Å². The third-order valence-corrected chi connectivity index (χ3v) is 2.85. The summed E-state index contributed by atoms with van der Waals surface area (Å²) in [5, 5.41) is 2.68. The summed E-state index contributed by atoms with van der Waals surface area (Å²) in [6.45, 7) is 2.56. The molecule has 0 saturated carbocycles. The van der Waals surface area contributed by atoms with Crippen LogP contribution < -0.4 is 14.8 Å². The Morgan fingerprint density at radius 2 is 2.05 bits per heavy atom. The van der Waals surface area contributed by atoms with Gasteiger partial charge in [0.1, 0.15) is 5.75 Å². The highest BCUT2D eigenvalue weighted by Crippen LogP contribution is 2.20. The average Bonchev–Trinajstić information content (AvgIpc) is 2.55. The normalized spacial score (nSPS) is 10.5. The molecule has 0 saturated heterocycles. The van der Waals surface area contributed by atoms with Gasteiger partial charge in [-0.1, -0.05) is 12.1 Å². The predicted octanol–water partition coefficient (Wildman–Crippen LogP) is 3.14. The maximum Gasteiger partial charge on any atom is 0.249 e. The number of pyridine rings is 1. The number of nitrogens with one attached hydrogen (secondary N) is 1. The zero-order valence-electron chi connectivity index (χ0n) is 12.6. The van der Waals surface area contributed by atoms with Gasteiger partial charge in [0.25, 0.3) is 0 Å². The van der Waals surface area contributed by atoms with Crippen molar-refractivity contribution in [2.45, 2.75) is 6.92 Å². The van der Waals surface area contributed by atoms with Gasteiger partial charge in [-0.15, -0.1) is 0 Å². The fraction of sp³-hybridized carbons (Fsp3) is 0.176. The Labute approximate surface area is 129 Å². The van der Waals surface area contributed by atoms with Crippen LogP contribution in [0, 0.1) is 0 Å². The minimum absolute atomic E-state index is 0.272. The third-order valence-electron chi connectivity index (χ3n) is 2.85. The van der Waals surface area contributed by atoms with Gasteiger partial charge in [-0.3, -0.25) is 4.79 Å². The summed E-state index contributed by atoms with van der Waals surface area (Å²) >= 11 is 0. The van der Waals surface area contributed by atoms with Gasteiger partial charge in [0.05, 0.1) is 13.7 Å². The molecule has 0 fully saturated rings. The van der Waals surface area contributed by atoms with Crippen LogP contribution in [0.4, 0.5) is 5.82 Å². The number of carbonyl (C=O) groups excluding carboxylic acids is 1. The van der Waals surface area contributed by atoms with E-state index in [0.29, 0.717) is 18.2 Å². The van der Waals surface area contributed by atoms with E-state index in [9.17, 15) is 4.79 Å². The largest absolute Gasteiger partial charge is 0.494 e. The quantitative estimate of drug-likeness (QED) is 0.832. The van der Waals surface area contributed by atoms with E-state index in [1.54, 1.807) is 24.4 Å². The third kappa shape index (κ3) is 4.34. The van der Waals surface area contributed by atoms with Crippen LogP contribution in [0.15, 0.2) is 48.7 Å². The molecule has 0 atom stereocenters. The van der Waals surface area contributed by atoms with Gasteiger partial charge < -0.3 is 14.8 Å². The highest BCUT2D eigenvalue weighted by Gasteiger charge is 2.05.